The van der Waals surface area contributed by atoms with Crippen LogP contribution in [0.15, 0.2) is 29.4 Å². The number of nitrogens with two attached hydrogens (primary N) is 1. The van der Waals surface area contributed by atoms with Crippen molar-refractivity contribution in [1.82, 2.24) is 10.3 Å². The molecule has 0 aromatic heterocycles. The molecule has 0 bridgehead atoms. The fourth-order valence-electron chi connectivity index (χ4n) is 1.09. The molecule has 7 heteroatoms. The SMILES string of the molecule is C[N+](C=NN)(ONO)c1ccc(Cl)cc1. The van der Waals surface area contributed by atoms with Crippen molar-refractivity contribution >= 4 is 23.6 Å². The summed E-state index contributed by atoms with van der Waals surface area (Å²) in [6.45, 7) is 0. The van der Waals surface area contributed by atoms with Gasteiger partial charge in [-0.15, -0.1) is 5.10 Å². The van der Waals surface area contributed by atoms with Crippen LogP contribution in [0.1, 0.15) is 0 Å². The topological polar surface area (TPSA) is 79.9 Å². The summed E-state index contributed by atoms with van der Waals surface area (Å²) in [5, 5.41) is 12.5. The van der Waals surface area contributed by atoms with Gasteiger partial charge in [-0.1, -0.05) is 21.2 Å². The Kier molecular flexibility index (Phi) is 4.01. The van der Waals surface area contributed by atoms with Gasteiger partial charge in [0.2, 0.25) is 6.34 Å². The van der Waals surface area contributed by atoms with E-state index in [-0.39, 0.29) is 4.65 Å². The zero-order valence-corrected chi connectivity index (χ0v) is 8.85. The highest BCUT2D eigenvalue weighted by Gasteiger charge is 2.26. The molecule has 0 radical (unpaired) electrons. The highest BCUT2D eigenvalue weighted by molar-refractivity contribution is 6.30. The van der Waals surface area contributed by atoms with Crippen molar-refractivity contribution in [3.63, 3.8) is 0 Å². The van der Waals surface area contributed by atoms with Crippen LogP contribution in [0.2, 0.25) is 5.02 Å². The van der Waals surface area contributed by atoms with Gasteiger partial charge < -0.3 is 5.84 Å². The molecule has 0 aliphatic heterocycles. The minimum absolute atomic E-state index is 0.260. The molecule has 1 atom stereocenters. The summed E-state index contributed by atoms with van der Waals surface area (Å²) in [6, 6.07) is 6.83. The third-order valence-corrected chi connectivity index (χ3v) is 2.11. The van der Waals surface area contributed by atoms with E-state index in [9.17, 15) is 0 Å². The number of hydrogen-bond acceptors (Lipinski definition) is 5. The van der Waals surface area contributed by atoms with Crippen LogP contribution in [0.25, 0.3) is 0 Å². The third-order valence-electron chi connectivity index (χ3n) is 1.86. The molecule has 0 spiro atoms. The van der Waals surface area contributed by atoms with E-state index in [2.05, 4.69) is 5.10 Å². The summed E-state index contributed by atoms with van der Waals surface area (Å²) < 4.78 is -0.260. The van der Waals surface area contributed by atoms with Crippen LogP contribution in [0.5, 0.6) is 0 Å². The number of benzene rings is 1. The largest absolute Gasteiger partial charge is 0.318 e. The van der Waals surface area contributed by atoms with E-state index in [0.717, 1.165) is 0 Å². The molecule has 0 aliphatic rings. The highest BCUT2D eigenvalue weighted by Crippen LogP contribution is 2.21. The van der Waals surface area contributed by atoms with Gasteiger partial charge in [0, 0.05) is 17.2 Å². The van der Waals surface area contributed by atoms with Crippen molar-refractivity contribution < 1.29 is 10.1 Å². The molecule has 4 N–H and O–H groups in total. The average molecular weight is 232 g/mol. The first kappa shape index (κ1) is 11.9. The van der Waals surface area contributed by atoms with Crippen LogP contribution < -0.4 is 16.1 Å². The summed E-state index contributed by atoms with van der Waals surface area (Å²) >= 11 is 5.74. The van der Waals surface area contributed by atoms with Gasteiger partial charge in [0.1, 0.15) is 7.05 Å². The summed E-state index contributed by atoms with van der Waals surface area (Å²) in [5.41, 5.74) is 2.29. The molecule has 15 heavy (non-hydrogen) atoms. The van der Waals surface area contributed by atoms with Gasteiger partial charge in [0.25, 0.3) is 0 Å². The number of rotatable bonds is 4. The van der Waals surface area contributed by atoms with Gasteiger partial charge in [0.05, 0.1) is 0 Å². The molecule has 0 fully saturated rings. The minimum Gasteiger partial charge on any atom is -0.318 e. The molecule has 82 valence electrons. The summed E-state index contributed by atoms with van der Waals surface area (Å²) in [4.78, 5) is 4.87. The van der Waals surface area contributed by atoms with E-state index in [1.54, 1.807) is 37.0 Å². The Hall–Kier alpha value is -1.18. The maximum absolute atomic E-state index is 8.53. The lowest BCUT2D eigenvalue weighted by Crippen LogP contribution is -2.47. The number of nitrogens with zero attached hydrogens (tertiary/aromatic N) is 2. The molecular formula is C8H12ClN4O2+. The van der Waals surface area contributed by atoms with E-state index < -0.39 is 0 Å². The summed E-state index contributed by atoms with van der Waals surface area (Å²) in [5.74, 6) is 5.05. The number of hydrogen-bond donors (Lipinski definition) is 3. The van der Waals surface area contributed by atoms with Gasteiger partial charge >= 0.3 is 0 Å². The molecule has 0 heterocycles. The Morgan fingerprint density at radius 2 is 2.13 bits per heavy atom. The average Bonchev–Trinajstić information content (AvgIpc) is 2.19. The van der Waals surface area contributed by atoms with E-state index in [1.807, 2.05) is 0 Å². The van der Waals surface area contributed by atoms with E-state index in [0.29, 0.717) is 10.7 Å². The molecular weight excluding hydrogens is 220 g/mol. The third kappa shape index (κ3) is 2.88. The minimum atomic E-state index is -0.260. The number of hydroxylamine groups is 2. The standard InChI is InChI=1S/C8H12ClN4O2/c1-13(6-11-10,15-12-14)8-4-2-7(9)3-5-8/h2-6,12,14H,10H2,1H3/q+1. The molecule has 0 aliphatic carbocycles. The lowest BCUT2D eigenvalue weighted by molar-refractivity contribution is -0.233. The maximum Gasteiger partial charge on any atom is 0.246 e. The van der Waals surface area contributed by atoms with Gasteiger partial charge in [-0.2, -0.15) is 0 Å². The molecule has 6 nitrogen and oxygen atoms in total. The molecule has 1 unspecified atom stereocenters. The monoisotopic (exact) mass is 231 g/mol. The highest BCUT2D eigenvalue weighted by atomic mass is 35.5. The van der Waals surface area contributed by atoms with Crippen molar-refractivity contribution in [3.05, 3.63) is 29.3 Å². The van der Waals surface area contributed by atoms with Crippen LogP contribution in [-0.4, -0.2) is 18.6 Å². The molecule has 0 saturated heterocycles. The number of nitrogens with one attached hydrogen (secondary N) is 1. The predicted molar refractivity (Wildman–Crippen MR) is 57.9 cm³/mol. The Morgan fingerprint density at radius 1 is 1.53 bits per heavy atom. The predicted octanol–water partition coefficient (Wildman–Crippen LogP) is 1.00. The summed E-state index contributed by atoms with van der Waals surface area (Å²) in [7, 11) is 1.63. The first-order chi connectivity index (χ1) is 7.12. The van der Waals surface area contributed by atoms with Crippen molar-refractivity contribution in [1.29, 1.82) is 0 Å². The maximum atomic E-state index is 8.53. The lowest BCUT2D eigenvalue weighted by atomic mass is 10.3. The van der Waals surface area contributed by atoms with E-state index in [1.165, 1.54) is 6.34 Å². The molecule has 0 amide bonds. The smallest absolute Gasteiger partial charge is 0.246 e. The van der Waals surface area contributed by atoms with Gasteiger partial charge in [0.15, 0.2) is 5.69 Å². The first-order valence-corrected chi connectivity index (χ1v) is 4.44. The zero-order chi connectivity index (χ0) is 11.3. The number of halogens is 1. The zero-order valence-electron chi connectivity index (χ0n) is 8.09. The number of quaternary nitrogens is 1. The molecule has 0 saturated carbocycles. The second kappa shape index (κ2) is 5.06. The van der Waals surface area contributed by atoms with Crippen LogP contribution in [-0.2, 0) is 4.94 Å². The van der Waals surface area contributed by atoms with Crippen molar-refractivity contribution in [3.8, 4) is 0 Å². The Bertz CT molecular complexity index is 343. The van der Waals surface area contributed by atoms with Crippen molar-refractivity contribution in [2.75, 3.05) is 7.05 Å². The Balaban J connectivity index is 3.03. The van der Waals surface area contributed by atoms with E-state index in [4.69, 9.17) is 27.6 Å². The fourth-order valence-corrected chi connectivity index (χ4v) is 1.22. The van der Waals surface area contributed by atoms with Crippen molar-refractivity contribution in [2.45, 2.75) is 0 Å². The van der Waals surface area contributed by atoms with Crippen LogP contribution >= 0.6 is 11.6 Å². The first-order valence-electron chi connectivity index (χ1n) is 4.07. The second-order valence-electron chi connectivity index (χ2n) is 2.91. The second-order valence-corrected chi connectivity index (χ2v) is 3.35. The summed E-state index contributed by atoms with van der Waals surface area (Å²) in [6.07, 6.45) is 1.30. The van der Waals surface area contributed by atoms with Crippen molar-refractivity contribution in [2.24, 2.45) is 10.9 Å². The van der Waals surface area contributed by atoms with Crippen LogP contribution in [0.3, 0.4) is 0 Å². The molecule has 1 aromatic carbocycles. The number of hydrazone groups is 1. The Labute approximate surface area is 92.0 Å². The van der Waals surface area contributed by atoms with E-state index >= 15 is 0 Å². The van der Waals surface area contributed by atoms with Gasteiger partial charge in [-0.3, -0.25) is 5.21 Å². The Morgan fingerprint density at radius 3 is 2.60 bits per heavy atom. The lowest BCUT2D eigenvalue weighted by Gasteiger charge is -2.22. The van der Waals surface area contributed by atoms with Crippen LogP contribution in [0.4, 0.5) is 5.69 Å². The van der Waals surface area contributed by atoms with Gasteiger partial charge in [-0.25, -0.2) is 0 Å². The molecule has 1 aromatic rings. The van der Waals surface area contributed by atoms with Crippen LogP contribution in [0, 0.1) is 0 Å². The fraction of sp³-hybridized carbons (Fsp3) is 0.125. The normalized spacial score (nSPS) is 15.4. The van der Waals surface area contributed by atoms with Gasteiger partial charge in [-0.05, 0) is 17.8 Å². The quantitative estimate of drug-likeness (QED) is 0.238. The molecule has 1 rings (SSSR count).